The van der Waals surface area contributed by atoms with Crippen molar-refractivity contribution in [3.05, 3.63) is 71.8 Å². The van der Waals surface area contributed by atoms with Crippen molar-refractivity contribution in [1.82, 2.24) is 14.5 Å². The maximum Gasteiger partial charge on any atom is 0.187 e. The number of rotatable bonds is 4. The fraction of sp³-hybridized carbons (Fsp3) is 0.400. The van der Waals surface area contributed by atoms with Crippen LogP contribution in [0, 0.1) is 6.57 Å². The lowest BCUT2D eigenvalue weighted by Gasteiger charge is -2.43. The fourth-order valence-corrected chi connectivity index (χ4v) is 6.44. The first kappa shape index (κ1) is 22.9. The van der Waals surface area contributed by atoms with Crippen molar-refractivity contribution >= 4 is 38.9 Å². The molecule has 36 heavy (non-hydrogen) atoms. The Labute approximate surface area is 213 Å². The predicted octanol–water partition coefficient (Wildman–Crippen LogP) is 6.17. The number of aryl methyl sites for hydroxylation is 1. The second-order valence-electron chi connectivity index (χ2n) is 10.4. The number of pyridine rings is 1. The summed E-state index contributed by atoms with van der Waals surface area (Å²) in [5.41, 5.74) is 6.90. The van der Waals surface area contributed by atoms with E-state index in [1.54, 1.807) is 0 Å². The van der Waals surface area contributed by atoms with Crippen molar-refractivity contribution < 1.29 is 0 Å². The number of aromatic nitrogens is 2. The molecule has 1 saturated carbocycles. The maximum absolute atomic E-state index is 7.41. The van der Waals surface area contributed by atoms with Gasteiger partial charge in [-0.15, -0.1) is 0 Å². The summed E-state index contributed by atoms with van der Waals surface area (Å²) < 4.78 is 2.23. The van der Waals surface area contributed by atoms with E-state index >= 15 is 0 Å². The Kier molecular flexibility index (Phi) is 6.02. The van der Waals surface area contributed by atoms with Gasteiger partial charge in [-0.1, -0.05) is 12.1 Å². The van der Waals surface area contributed by atoms with Gasteiger partial charge < -0.3 is 14.8 Å². The number of fused-ring (bicyclic) bond motifs is 2. The van der Waals surface area contributed by atoms with Crippen LogP contribution in [-0.2, 0) is 7.05 Å². The zero-order valence-electron chi connectivity index (χ0n) is 21.2. The van der Waals surface area contributed by atoms with Gasteiger partial charge in [0.25, 0.3) is 0 Å². The smallest absolute Gasteiger partial charge is 0.187 e. The first-order valence-corrected chi connectivity index (χ1v) is 13.2. The molecule has 1 aliphatic heterocycles. The summed E-state index contributed by atoms with van der Waals surface area (Å²) in [5, 5.41) is 5.78. The molecule has 1 N–H and O–H groups in total. The Balaban J connectivity index is 1.12. The average molecular weight is 479 g/mol. The van der Waals surface area contributed by atoms with Crippen molar-refractivity contribution in [2.45, 2.75) is 37.6 Å². The quantitative estimate of drug-likeness (QED) is 0.356. The van der Waals surface area contributed by atoms with Gasteiger partial charge in [-0.2, -0.15) is 0 Å². The minimum absolute atomic E-state index is 0.592. The van der Waals surface area contributed by atoms with Gasteiger partial charge in [-0.25, -0.2) is 4.85 Å². The van der Waals surface area contributed by atoms with Gasteiger partial charge in [-0.3, -0.25) is 9.88 Å². The highest BCUT2D eigenvalue weighted by Crippen LogP contribution is 2.40. The molecule has 2 aliphatic rings. The highest BCUT2D eigenvalue weighted by Gasteiger charge is 2.30. The van der Waals surface area contributed by atoms with E-state index < -0.39 is 0 Å². The van der Waals surface area contributed by atoms with Gasteiger partial charge >= 0.3 is 0 Å². The molecule has 2 fully saturated rings. The predicted molar refractivity (Wildman–Crippen MR) is 149 cm³/mol. The third-order valence-corrected chi connectivity index (χ3v) is 8.41. The molecule has 4 aromatic rings. The zero-order valence-corrected chi connectivity index (χ0v) is 21.2. The van der Waals surface area contributed by atoms with Crippen molar-refractivity contribution in [2.75, 3.05) is 43.4 Å². The zero-order chi connectivity index (χ0) is 24.6. The summed E-state index contributed by atoms with van der Waals surface area (Å²) >= 11 is 0. The minimum Gasteiger partial charge on any atom is -0.388 e. The second-order valence-corrected chi connectivity index (χ2v) is 10.4. The normalized spacial score (nSPS) is 21.1. The maximum atomic E-state index is 7.41. The van der Waals surface area contributed by atoms with Crippen LogP contribution in [0.25, 0.3) is 26.7 Å². The lowest BCUT2D eigenvalue weighted by molar-refractivity contribution is 0.141. The lowest BCUT2D eigenvalue weighted by Crippen LogP contribution is -2.51. The third-order valence-electron chi connectivity index (χ3n) is 8.41. The first-order chi connectivity index (χ1) is 17.6. The van der Waals surface area contributed by atoms with E-state index in [1.165, 1.54) is 53.2 Å². The van der Waals surface area contributed by atoms with Gasteiger partial charge in [0.15, 0.2) is 5.69 Å². The number of anilines is 2. The molecule has 184 valence electrons. The Morgan fingerprint density at radius 2 is 1.81 bits per heavy atom. The van der Waals surface area contributed by atoms with Crippen molar-refractivity contribution in [2.24, 2.45) is 7.05 Å². The summed E-state index contributed by atoms with van der Waals surface area (Å²) in [4.78, 5) is 13.6. The molecule has 0 unspecified atom stereocenters. The molecular formula is C30H34N6. The van der Waals surface area contributed by atoms with Gasteiger partial charge in [0, 0.05) is 75.3 Å². The molecule has 6 nitrogen and oxygen atoms in total. The molecule has 0 spiro atoms. The topological polar surface area (TPSA) is 40.7 Å². The summed E-state index contributed by atoms with van der Waals surface area (Å²) in [5.74, 6) is 0.592. The van der Waals surface area contributed by atoms with E-state index in [2.05, 4.69) is 68.1 Å². The highest BCUT2D eigenvalue weighted by atomic mass is 15.3. The van der Waals surface area contributed by atoms with Crippen LogP contribution in [-0.4, -0.2) is 53.7 Å². The monoisotopic (exact) mass is 478 g/mol. The summed E-state index contributed by atoms with van der Waals surface area (Å²) in [6, 6.07) is 15.4. The highest BCUT2D eigenvalue weighted by molar-refractivity contribution is 5.94. The summed E-state index contributed by atoms with van der Waals surface area (Å²) in [6.45, 7) is 11.7. The molecule has 0 bridgehead atoms. The Morgan fingerprint density at radius 1 is 1.00 bits per heavy atom. The van der Waals surface area contributed by atoms with E-state index in [0.29, 0.717) is 12.0 Å². The largest absolute Gasteiger partial charge is 0.388 e. The molecule has 2 aromatic heterocycles. The first-order valence-electron chi connectivity index (χ1n) is 13.2. The summed E-state index contributed by atoms with van der Waals surface area (Å²) in [6.07, 6.45) is 9.17. The van der Waals surface area contributed by atoms with Crippen LogP contribution < -0.4 is 10.2 Å². The molecule has 6 rings (SSSR count). The molecule has 1 aliphatic carbocycles. The molecule has 2 aromatic carbocycles. The number of piperazine rings is 1. The van der Waals surface area contributed by atoms with Crippen LogP contribution in [0.15, 0.2) is 54.9 Å². The van der Waals surface area contributed by atoms with Crippen molar-refractivity contribution in [3.63, 3.8) is 0 Å². The molecule has 0 radical (unpaired) electrons. The van der Waals surface area contributed by atoms with Crippen LogP contribution in [0.3, 0.4) is 0 Å². The van der Waals surface area contributed by atoms with E-state index in [9.17, 15) is 0 Å². The lowest BCUT2D eigenvalue weighted by atomic mass is 9.81. The average Bonchev–Trinajstić information content (AvgIpc) is 3.28. The van der Waals surface area contributed by atoms with E-state index in [4.69, 9.17) is 11.6 Å². The van der Waals surface area contributed by atoms with E-state index in [1.807, 2.05) is 25.4 Å². The molecule has 0 atom stereocenters. The number of benzene rings is 2. The fourth-order valence-electron chi connectivity index (χ4n) is 6.44. The number of nitrogens with one attached hydrogen (secondary N) is 1. The Hall–Kier alpha value is -3.56. The van der Waals surface area contributed by atoms with E-state index in [-0.39, 0.29) is 0 Å². The van der Waals surface area contributed by atoms with Crippen molar-refractivity contribution in [3.8, 4) is 0 Å². The number of hydrogen-bond donors (Lipinski definition) is 1. The molecular weight excluding hydrogens is 444 g/mol. The Morgan fingerprint density at radius 3 is 2.56 bits per heavy atom. The summed E-state index contributed by atoms with van der Waals surface area (Å²) in [7, 11) is 4.11. The van der Waals surface area contributed by atoms with Gasteiger partial charge in [0.2, 0.25) is 0 Å². The molecule has 3 heterocycles. The Bertz CT molecular complexity index is 1430. The molecule has 1 saturated heterocycles. The third kappa shape index (κ3) is 4.08. The van der Waals surface area contributed by atoms with Crippen molar-refractivity contribution in [1.29, 1.82) is 0 Å². The van der Waals surface area contributed by atoms with Crippen LogP contribution in [0.1, 0.15) is 37.2 Å². The van der Waals surface area contributed by atoms with Crippen LogP contribution in [0.2, 0.25) is 0 Å². The van der Waals surface area contributed by atoms with Crippen LogP contribution >= 0.6 is 0 Å². The number of nitrogens with zero attached hydrogens (tertiary/aromatic N) is 5. The standard InChI is InChI=1S/C30H34N6/c1-31-23-8-11-28-26(18-23)27(20-34(28)3)21-6-9-25(10-7-21)35-13-15-36(16-14-35)29-19-24(32-2)17-22-5-4-12-33-30(22)29/h4-5,8,11-12,17-21,25,32H,6-7,9-10,13-16H2,2-3H3. The number of hydrogen-bond acceptors (Lipinski definition) is 4. The second kappa shape index (κ2) is 9.48. The van der Waals surface area contributed by atoms with Crippen LogP contribution in [0.4, 0.5) is 17.1 Å². The van der Waals surface area contributed by atoms with Crippen LogP contribution in [0.5, 0.6) is 0 Å². The van der Waals surface area contributed by atoms with Gasteiger partial charge in [-0.05, 0) is 72.9 Å². The minimum atomic E-state index is 0.592. The molecule has 0 amide bonds. The van der Waals surface area contributed by atoms with Gasteiger partial charge in [0.05, 0.1) is 17.8 Å². The van der Waals surface area contributed by atoms with Gasteiger partial charge in [0.1, 0.15) is 0 Å². The SMILES string of the molecule is [C-]#[N+]c1ccc2c(c1)c(C1CCC(N3CCN(c4cc(NC)cc5cccnc45)CC3)CC1)cn2C. The van der Waals surface area contributed by atoms with E-state index in [0.717, 1.165) is 43.1 Å². The molecule has 6 heteroatoms.